The fourth-order valence-electron chi connectivity index (χ4n) is 2.66. The summed E-state index contributed by atoms with van der Waals surface area (Å²) in [6.07, 6.45) is 4.26. The molecule has 1 aliphatic carbocycles. The topological polar surface area (TPSA) is 27.1 Å². The van der Waals surface area contributed by atoms with Crippen LogP contribution in [0, 0.1) is 0 Å². The molecule has 0 aliphatic heterocycles. The zero-order chi connectivity index (χ0) is 17.3. The van der Waals surface area contributed by atoms with Crippen LogP contribution >= 0.6 is 23.2 Å². The van der Waals surface area contributed by atoms with E-state index in [0.29, 0.717) is 22.7 Å². The van der Waals surface area contributed by atoms with Crippen LogP contribution in [0.4, 0.5) is 0 Å². The Bertz CT molecular complexity index is 720. The van der Waals surface area contributed by atoms with Crippen LogP contribution in [-0.4, -0.2) is 24.2 Å². The Labute approximate surface area is 155 Å². The number of aromatic nitrogens is 2. The number of rotatable bonds is 7. The molecule has 1 aromatic heterocycles. The Morgan fingerprint density at radius 3 is 2.67 bits per heavy atom. The van der Waals surface area contributed by atoms with Gasteiger partial charge in [-0.2, -0.15) is 0 Å². The Morgan fingerprint density at radius 2 is 2.00 bits per heavy atom. The average molecular weight is 383 g/mol. The Morgan fingerprint density at radius 1 is 1.25 bits per heavy atom. The summed E-state index contributed by atoms with van der Waals surface area (Å²) in [5.41, 5.74) is 3.11. The third-order valence-corrected chi connectivity index (χ3v) is 6.51. The molecule has 3 nitrogen and oxygen atoms in total. The smallest absolute Gasteiger partial charge is 0.124 e. The molecule has 0 spiro atoms. The number of nitrogens with zero attached hydrogens (tertiary/aromatic N) is 2. The lowest BCUT2D eigenvalue weighted by Crippen LogP contribution is -2.22. The van der Waals surface area contributed by atoms with Gasteiger partial charge in [0.25, 0.3) is 0 Å². The van der Waals surface area contributed by atoms with Crippen molar-refractivity contribution in [3.63, 3.8) is 0 Å². The molecular weight excluding hydrogens is 359 g/mol. The van der Waals surface area contributed by atoms with Gasteiger partial charge in [0.15, 0.2) is 0 Å². The van der Waals surface area contributed by atoms with Gasteiger partial charge in [0.05, 0.1) is 22.7 Å². The summed E-state index contributed by atoms with van der Waals surface area (Å²) in [7, 11) is -1.08. The van der Waals surface area contributed by atoms with Crippen LogP contribution in [0.25, 0.3) is 11.3 Å². The van der Waals surface area contributed by atoms with Crippen LogP contribution in [0.3, 0.4) is 0 Å². The first-order valence-corrected chi connectivity index (χ1v) is 12.9. The summed E-state index contributed by atoms with van der Waals surface area (Å²) >= 11 is 12.6. The normalized spacial score (nSPS) is 15.0. The predicted octanol–water partition coefficient (Wildman–Crippen LogP) is 6.05. The summed E-state index contributed by atoms with van der Waals surface area (Å²) in [4.78, 5) is 4.64. The van der Waals surface area contributed by atoms with E-state index in [2.05, 4.69) is 29.2 Å². The maximum Gasteiger partial charge on any atom is 0.124 e. The quantitative estimate of drug-likeness (QED) is 0.430. The molecule has 1 saturated carbocycles. The molecule has 1 aromatic carbocycles. The summed E-state index contributed by atoms with van der Waals surface area (Å²) in [5.74, 6) is 0.540. The van der Waals surface area contributed by atoms with E-state index in [1.54, 1.807) is 0 Å². The third-order valence-electron chi connectivity index (χ3n) is 4.24. The summed E-state index contributed by atoms with van der Waals surface area (Å²) in [6.45, 7) is 8.36. The van der Waals surface area contributed by atoms with Gasteiger partial charge in [-0.3, -0.25) is 0 Å². The molecule has 2 aromatic rings. The van der Waals surface area contributed by atoms with E-state index in [9.17, 15) is 0 Å². The van der Waals surface area contributed by atoms with E-state index in [-0.39, 0.29) is 0 Å². The lowest BCUT2D eigenvalue weighted by Gasteiger charge is -2.16. The summed E-state index contributed by atoms with van der Waals surface area (Å²) in [6, 6.07) is 6.74. The van der Waals surface area contributed by atoms with E-state index >= 15 is 0 Å². The van der Waals surface area contributed by atoms with Gasteiger partial charge in [-0.25, -0.2) is 4.98 Å². The van der Waals surface area contributed by atoms with Crippen molar-refractivity contribution in [2.45, 2.75) is 51.2 Å². The van der Waals surface area contributed by atoms with E-state index < -0.39 is 8.07 Å². The number of ether oxygens (including phenoxy) is 1. The van der Waals surface area contributed by atoms with E-state index in [1.165, 1.54) is 12.8 Å². The molecule has 0 radical (unpaired) electrons. The fraction of sp³-hybridized carbons (Fsp3) is 0.500. The average Bonchev–Trinajstić information content (AvgIpc) is 3.26. The predicted molar refractivity (Wildman–Crippen MR) is 104 cm³/mol. The highest BCUT2D eigenvalue weighted by atomic mass is 35.5. The molecule has 1 fully saturated rings. The van der Waals surface area contributed by atoms with Crippen LogP contribution in [0.5, 0.6) is 0 Å². The summed E-state index contributed by atoms with van der Waals surface area (Å²) in [5, 5.41) is 1.38. The van der Waals surface area contributed by atoms with Crippen LogP contribution in [0.2, 0.25) is 35.7 Å². The monoisotopic (exact) mass is 382 g/mol. The van der Waals surface area contributed by atoms with Crippen LogP contribution in [0.1, 0.15) is 24.5 Å². The van der Waals surface area contributed by atoms with Crippen LogP contribution in [-0.2, 0) is 11.5 Å². The highest BCUT2D eigenvalue weighted by Crippen LogP contribution is 2.45. The Kier molecular flexibility index (Phi) is 5.40. The lowest BCUT2D eigenvalue weighted by molar-refractivity contribution is 0.0881. The van der Waals surface area contributed by atoms with Crippen molar-refractivity contribution in [1.29, 1.82) is 0 Å². The second kappa shape index (κ2) is 7.20. The highest BCUT2D eigenvalue weighted by Gasteiger charge is 2.31. The molecule has 0 amide bonds. The molecule has 3 rings (SSSR count). The van der Waals surface area contributed by atoms with Crippen molar-refractivity contribution in [3.8, 4) is 11.3 Å². The number of imidazole rings is 1. The van der Waals surface area contributed by atoms with Gasteiger partial charge >= 0.3 is 0 Å². The number of hydrogen-bond acceptors (Lipinski definition) is 2. The first-order valence-electron chi connectivity index (χ1n) is 8.43. The van der Waals surface area contributed by atoms with Gasteiger partial charge in [-0.1, -0.05) is 42.8 Å². The van der Waals surface area contributed by atoms with Crippen molar-refractivity contribution in [1.82, 2.24) is 9.55 Å². The van der Waals surface area contributed by atoms with Crippen molar-refractivity contribution in [2.24, 2.45) is 0 Å². The Balaban J connectivity index is 1.84. The second-order valence-corrected chi connectivity index (χ2v) is 14.2. The van der Waals surface area contributed by atoms with Crippen molar-refractivity contribution in [3.05, 3.63) is 40.3 Å². The van der Waals surface area contributed by atoms with Crippen molar-refractivity contribution in [2.75, 3.05) is 6.61 Å². The van der Waals surface area contributed by atoms with Crippen LogP contribution in [0.15, 0.2) is 24.5 Å². The fourth-order valence-corrected chi connectivity index (χ4v) is 3.80. The van der Waals surface area contributed by atoms with Crippen molar-refractivity contribution < 1.29 is 4.74 Å². The van der Waals surface area contributed by atoms with Gasteiger partial charge in [-0.05, 0) is 37.1 Å². The minimum Gasteiger partial charge on any atom is -0.361 e. The molecule has 130 valence electrons. The first kappa shape index (κ1) is 18.0. The van der Waals surface area contributed by atoms with Crippen molar-refractivity contribution >= 4 is 31.3 Å². The van der Waals surface area contributed by atoms with E-state index in [1.807, 2.05) is 24.5 Å². The van der Waals surface area contributed by atoms with Crippen LogP contribution < -0.4 is 0 Å². The molecule has 0 atom stereocenters. The zero-order valence-electron chi connectivity index (χ0n) is 14.5. The molecule has 1 heterocycles. The van der Waals surface area contributed by atoms with Gasteiger partial charge in [0.1, 0.15) is 6.73 Å². The SMILES string of the molecule is C[Si](C)(C)CCOCn1cnc(C2CC2)c1-c1cc(Cl)ccc1Cl. The molecule has 0 bridgehead atoms. The van der Waals surface area contributed by atoms with Gasteiger partial charge < -0.3 is 9.30 Å². The highest BCUT2D eigenvalue weighted by molar-refractivity contribution is 6.76. The minimum absolute atomic E-state index is 0.502. The molecule has 0 N–H and O–H groups in total. The zero-order valence-corrected chi connectivity index (χ0v) is 17.0. The molecular formula is C18H24Cl2N2OSi. The van der Waals surface area contributed by atoms with E-state index in [0.717, 1.165) is 29.6 Å². The minimum atomic E-state index is -1.08. The molecule has 1 aliphatic rings. The summed E-state index contributed by atoms with van der Waals surface area (Å²) < 4.78 is 7.99. The largest absolute Gasteiger partial charge is 0.361 e. The van der Waals surface area contributed by atoms with Gasteiger partial charge in [0, 0.05) is 31.2 Å². The lowest BCUT2D eigenvalue weighted by atomic mass is 10.1. The molecule has 24 heavy (non-hydrogen) atoms. The standard InChI is InChI=1S/C18H24Cl2N2OSi/c1-24(2,3)9-8-23-12-22-11-21-17(13-4-5-13)18(22)15-10-14(19)6-7-16(15)20/h6-7,10-11,13H,4-5,8-9,12H2,1-3H3. The third kappa shape index (κ3) is 4.42. The Hall–Kier alpha value is -0.813. The molecule has 0 saturated heterocycles. The van der Waals surface area contributed by atoms with Gasteiger partial charge in [-0.15, -0.1) is 0 Å². The maximum absolute atomic E-state index is 6.44. The number of benzene rings is 1. The maximum atomic E-state index is 6.44. The number of halogens is 2. The number of hydrogen-bond donors (Lipinski definition) is 0. The van der Waals surface area contributed by atoms with E-state index in [4.69, 9.17) is 27.9 Å². The van der Waals surface area contributed by atoms with Gasteiger partial charge in [0.2, 0.25) is 0 Å². The first-order chi connectivity index (χ1) is 11.3. The molecule has 0 unspecified atom stereocenters. The molecule has 6 heteroatoms. The second-order valence-electron chi connectivity index (χ2n) is 7.69.